The zero-order chi connectivity index (χ0) is 12.4. The molecule has 1 N–H and O–H groups in total. The van der Waals surface area contributed by atoms with E-state index in [4.69, 9.17) is 11.6 Å². The topological polar surface area (TPSA) is 24.9 Å². The van der Waals surface area contributed by atoms with Crippen LogP contribution in [-0.4, -0.2) is 4.98 Å². The molecule has 0 atom stereocenters. The first kappa shape index (κ1) is 11.7. The van der Waals surface area contributed by atoms with Gasteiger partial charge in [0.2, 0.25) is 0 Å². The molecule has 0 amide bonds. The molecule has 1 heterocycles. The molecule has 88 valence electrons. The molecular weight excluding hydrogens is 253 g/mol. The fourth-order valence-corrected chi connectivity index (χ4v) is 1.43. The van der Waals surface area contributed by atoms with E-state index in [1.54, 1.807) is 0 Å². The summed E-state index contributed by atoms with van der Waals surface area (Å²) >= 11 is 5.63. The van der Waals surface area contributed by atoms with Crippen LogP contribution in [0.5, 0.6) is 0 Å². The molecule has 0 bridgehead atoms. The number of anilines is 2. The molecule has 2 aromatic rings. The third-order valence-corrected chi connectivity index (χ3v) is 2.22. The monoisotopic (exact) mass is 258 g/mol. The van der Waals surface area contributed by atoms with Gasteiger partial charge in [0.05, 0.1) is 5.69 Å². The van der Waals surface area contributed by atoms with Crippen LogP contribution in [-0.2, 0) is 0 Å². The minimum absolute atomic E-state index is 0.175. The van der Waals surface area contributed by atoms with Crippen LogP contribution in [0.15, 0.2) is 30.5 Å². The highest BCUT2D eigenvalue weighted by Crippen LogP contribution is 2.23. The second-order valence-electron chi connectivity index (χ2n) is 3.24. The van der Waals surface area contributed by atoms with Crippen LogP contribution in [0.1, 0.15) is 0 Å². The summed E-state index contributed by atoms with van der Waals surface area (Å²) in [6, 6.07) is 4.16. The van der Waals surface area contributed by atoms with Crippen LogP contribution in [0.4, 0.5) is 24.5 Å². The van der Waals surface area contributed by atoms with Crippen molar-refractivity contribution in [1.29, 1.82) is 0 Å². The number of benzene rings is 1. The van der Waals surface area contributed by atoms with Gasteiger partial charge >= 0.3 is 0 Å². The Morgan fingerprint density at radius 1 is 1.00 bits per heavy atom. The molecule has 0 aliphatic rings. The van der Waals surface area contributed by atoms with Gasteiger partial charge in [-0.3, -0.25) is 0 Å². The van der Waals surface area contributed by atoms with E-state index >= 15 is 0 Å². The maximum absolute atomic E-state index is 13.3. The summed E-state index contributed by atoms with van der Waals surface area (Å²) in [7, 11) is 0. The number of rotatable bonds is 2. The number of aromatic nitrogens is 1. The van der Waals surface area contributed by atoms with Crippen LogP contribution in [0.3, 0.4) is 0 Å². The normalized spacial score (nSPS) is 10.4. The lowest BCUT2D eigenvalue weighted by Gasteiger charge is -2.08. The predicted octanol–water partition coefficient (Wildman–Crippen LogP) is 3.90. The van der Waals surface area contributed by atoms with Crippen LogP contribution >= 0.6 is 11.6 Å². The van der Waals surface area contributed by atoms with Gasteiger partial charge in [-0.1, -0.05) is 11.6 Å². The zero-order valence-electron chi connectivity index (χ0n) is 8.35. The van der Waals surface area contributed by atoms with Crippen LogP contribution < -0.4 is 5.32 Å². The minimum Gasteiger partial charge on any atom is -0.353 e. The van der Waals surface area contributed by atoms with Crippen molar-refractivity contribution in [2.75, 3.05) is 5.32 Å². The Kier molecular flexibility index (Phi) is 3.19. The number of pyridine rings is 1. The molecule has 0 spiro atoms. The van der Waals surface area contributed by atoms with Gasteiger partial charge < -0.3 is 5.32 Å². The molecule has 1 aromatic carbocycles. The average molecular weight is 259 g/mol. The molecule has 0 unspecified atom stereocenters. The fourth-order valence-electron chi connectivity index (χ4n) is 1.25. The largest absolute Gasteiger partial charge is 0.353 e. The van der Waals surface area contributed by atoms with Crippen LogP contribution in [0.25, 0.3) is 0 Å². The summed E-state index contributed by atoms with van der Waals surface area (Å²) < 4.78 is 38.9. The van der Waals surface area contributed by atoms with Gasteiger partial charge in [0.15, 0.2) is 11.6 Å². The second kappa shape index (κ2) is 4.63. The lowest BCUT2D eigenvalue weighted by atomic mass is 10.2. The minimum atomic E-state index is -1.24. The average Bonchev–Trinajstić information content (AvgIpc) is 2.26. The van der Waals surface area contributed by atoms with Crippen LogP contribution in [0.2, 0.25) is 5.15 Å². The fraction of sp³-hybridized carbons (Fsp3) is 0. The molecule has 0 fully saturated rings. The summed E-state index contributed by atoms with van der Waals surface area (Å²) in [6.07, 6.45) is 1.41. The van der Waals surface area contributed by atoms with E-state index < -0.39 is 17.5 Å². The first-order valence-electron chi connectivity index (χ1n) is 4.59. The molecule has 6 heteroatoms. The summed E-state index contributed by atoms with van der Waals surface area (Å²) in [6.45, 7) is 0. The van der Waals surface area contributed by atoms with E-state index in [2.05, 4.69) is 10.3 Å². The molecule has 0 saturated carbocycles. The van der Waals surface area contributed by atoms with Crippen molar-refractivity contribution in [2.45, 2.75) is 0 Å². The van der Waals surface area contributed by atoms with E-state index in [-0.39, 0.29) is 10.8 Å². The van der Waals surface area contributed by atoms with Crippen molar-refractivity contribution in [3.05, 3.63) is 53.1 Å². The van der Waals surface area contributed by atoms with Crippen molar-refractivity contribution in [3.63, 3.8) is 0 Å². The number of nitrogens with one attached hydrogen (secondary N) is 1. The SMILES string of the molecule is Fc1cc(F)c(Nc2ccnc(Cl)c2)cc1F. The molecule has 0 saturated heterocycles. The van der Waals surface area contributed by atoms with Crippen molar-refractivity contribution in [1.82, 2.24) is 4.98 Å². The molecule has 2 nitrogen and oxygen atoms in total. The van der Waals surface area contributed by atoms with Gasteiger partial charge in [-0.05, 0) is 12.1 Å². The van der Waals surface area contributed by atoms with Crippen molar-refractivity contribution in [3.8, 4) is 0 Å². The summed E-state index contributed by atoms with van der Waals surface area (Å²) in [4.78, 5) is 3.73. The molecule has 0 aliphatic carbocycles. The summed E-state index contributed by atoms with van der Waals surface area (Å²) in [5, 5.41) is 2.78. The van der Waals surface area contributed by atoms with Gasteiger partial charge in [0, 0.05) is 24.0 Å². The Bertz CT molecular complexity index is 560. The van der Waals surface area contributed by atoms with E-state index in [0.717, 1.165) is 6.07 Å². The standard InChI is InChI=1S/C11H6ClF3N2/c12-11-3-6(1-2-16-11)17-10-5-8(14)7(13)4-9(10)15/h1-5H,(H,16,17). The highest BCUT2D eigenvalue weighted by Gasteiger charge is 2.09. The Labute approximate surface area is 100 Å². The van der Waals surface area contributed by atoms with Gasteiger partial charge in [0.25, 0.3) is 0 Å². The third-order valence-electron chi connectivity index (χ3n) is 2.02. The maximum atomic E-state index is 13.3. The molecule has 0 radical (unpaired) electrons. The van der Waals surface area contributed by atoms with E-state index in [9.17, 15) is 13.2 Å². The highest BCUT2D eigenvalue weighted by molar-refractivity contribution is 6.29. The number of nitrogens with zero attached hydrogens (tertiary/aromatic N) is 1. The summed E-state index contributed by atoms with van der Waals surface area (Å²) in [5.41, 5.74) is 0.251. The van der Waals surface area contributed by atoms with Gasteiger partial charge in [0.1, 0.15) is 11.0 Å². The van der Waals surface area contributed by atoms with Gasteiger partial charge in [-0.2, -0.15) is 0 Å². The van der Waals surface area contributed by atoms with Gasteiger partial charge in [-0.25, -0.2) is 18.2 Å². The Morgan fingerprint density at radius 3 is 2.41 bits per heavy atom. The number of hydrogen-bond donors (Lipinski definition) is 1. The first-order chi connectivity index (χ1) is 8.06. The Morgan fingerprint density at radius 2 is 1.71 bits per heavy atom. The van der Waals surface area contributed by atoms with Crippen LogP contribution in [0, 0.1) is 17.5 Å². The van der Waals surface area contributed by atoms with Gasteiger partial charge in [-0.15, -0.1) is 0 Å². The van der Waals surface area contributed by atoms with Crippen molar-refractivity contribution >= 4 is 23.0 Å². The van der Waals surface area contributed by atoms with E-state index in [1.165, 1.54) is 18.3 Å². The zero-order valence-corrected chi connectivity index (χ0v) is 9.10. The molecule has 0 aliphatic heterocycles. The van der Waals surface area contributed by atoms with Crippen molar-refractivity contribution in [2.24, 2.45) is 0 Å². The quantitative estimate of drug-likeness (QED) is 0.653. The molecule has 2 rings (SSSR count). The Hall–Kier alpha value is -1.75. The smallest absolute Gasteiger partial charge is 0.161 e. The lowest BCUT2D eigenvalue weighted by Crippen LogP contribution is -1.97. The molecule has 1 aromatic heterocycles. The van der Waals surface area contributed by atoms with E-state index in [1.807, 2.05) is 0 Å². The first-order valence-corrected chi connectivity index (χ1v) is 4.97. The predicted molar refractivity (Wildman–Crippen MR) is 58.8 cm³/mol. The number of halogens is 4. The second-order valence-corrected chi connectivity index (χ2v) is 3.63. The summed E-state index contributed by atoms with van der Waals surface area (Å²) in [5.74, 6) is -3.26. The van der Waals surface area contributed by atoms with E-state index in [0.29, 0.717) is 11.8 Å². The lowest BCUT2D eigenvalue weighted by molar-refractivity contribution is 0.496. The number of hydrogen-bond acceptors (Lipinski definition) is 2. The highest BCUT2D eigenvalue weighted by atomic mass is 35.5. The Balaban J connectivity index is 2.33. The van der Waals surface area contributed by atoms with Crippen molar-refractivity contribution < 1.29 is 13.2 Å². The maximum Gasteiger partial charge on any atom is 0.161 e. The molecular formula is C11H6ClF3N2. The molecule has 17 heavy (non-hydrogen) atoms. The third kappa shape index (κ3) is 2.68.